The van der Waals surface area contributed by atoms with Crippen LogP contribution in [0.5, 0.6) is 5.75 Å². The van der Waals surface area contributed by atoms with Crippen molar-refractivity contribution in [3.63, 3.8) is 0 Å². The number of hydrogen-bond acceptors (Lipinski definition) is 4. The molecule has 0 saturated carbocycles. The highest BCUT2D eigenvalue weighted by Crippen LogP contribution is 2.28. The molecule has 108 valence electrons. The number of nitrogens with zero attached hydrogens (tertiary/aromatic N) is 1. The fourth-order valence-corrected chi connectivity index (χ4v) is 3.46. The van der Waals surface area contributed by atoms with Crippen molar-refractivity contribution in [3.05, 3.63) is 59.1 Å². The molecule has 2 aromatic carbocycles. The van der Waals surface area contributed by atoms with E-state index in [4.69, 9.17) is 9.72 Å². The molecule has 3 rings (SSSR count). The number of fused-ring (bicyclic) bond motifs is 1. The number of hydrogen-bond donors (Lipinski definition) is 1. The van der Waals surface area contributed by atoms with Crippen LogP contribution in [0.2, 0.25) is 0 Å². The van der Waals surface area contributed by atoms with E-state index in [-0.39, 0.29) is 6.04 Å². The van der Waals surface area contributed by atoms with Gasteiger partial charge in [-0.15, -0.1) is 11.3 Å². The van der Waals surface area contributed by atoms with Gasteiger partial charge in [0.15, 0.2) is 0 Å². The monoisotopic (exact) mass is 298 g/mol. The molecule has 0 bridgehead atoms. The molecule has 3 nitrogen and oxygen atoms in total. The normalized spacial score (nSPS) is 12.5. The second-order valence-corrected chi connectivity index (χ2v) is 5.98. The number of thiazole rings is 1. The lowest BCUT2D eigenvalue weighted by Crippen LogP contribution is -2.18. The maximum absolute atomic E-state index is 5.29. The third kappa shape index (κ3) is 3.06. The zero-order chi connectivity index (χ0) is 14.7. The Morgan fingerprint density at radius 1 is 1.19 bits per heavy atom. The quantitative estimate of drug-likeness (QED) is 0.778. The van der Waals surface area contributed by atoms with Crippen molar-refractivity contribution in [2.45, 2.75) is 12.5 Å². The highest BCUT2D eigenvalue weighted by molar-refractivity contribution is 7.18. The molecule has 0 aliphatic rings. The summed E-state index contributed by atoms with van der Waals surface area (Å²) in [5, 5.41) is 4.50. The first-order valence-corrected chi connectivity index (χ1v) is 7.77. The zero-order valence-corrected chi connectivity index (χ0v) is 13.0. The summed E-state index contributed by atoms with van der Waals surface area (Å²) in [7, 11) is 3.68. The number of rotatable bonds is 5. The Bertz CT molecular complexity index is 705. The molecule has 3 aromatic rings. The highest BCUT2D eigenvalue weighted by atomic mass is 32.1. The summed E-state index contributed by atoms with van der Waals surface area (Å²) in [5.74, 6) is 0.895. The van der Waals surface area contributed by atoms with Crippen molar-refractivity contribution in [1.29, 1.82) is 0 Å². The largest absolute Gasteiger partial charge is 0.497 e. The van der Waals surface area contributed by atoms with Gasteiger partial charge >= 0.3 is 0 Å². The van der Waals surface area contributed by atoms with E-state index >= 15 is 0 Å². The van der Waals surface area contributed by atoms with E-state index in [1.54, 1.807) is 18.4 Å². The summed E-state index contributed by atoms with van der Waals surface area (Å²) < 4.78 is 6.52. The first-order valence-electron chi connectivity index (χ1n) is 6.96. The summed E-state index contributed by atoms with van der Waals surface area (Å²) in [6.07, 6.45) is 0.896. The summed E-state index contributed by atoms with van der Waals surface area (Å²) >= 11 is 1.75. The predicted molar refractivity (Wildman–Crippen MR) is 88.1 cm³/mol. The van der Waals surface area contributed by atoms with Crippen molar-refractivity contribution >= 4 is 21.6 Å². The van der Waals surface area contributed by atoms with Crippen LogP contribution in [0.15, 0.2) is 48.5 Å². The molecule has 0 aliphatic carbocycles. The van der Waals surface area contributed by atoms with Crippen LogP contribution >= 0.6 is 11.3 Å². The molecule has 4 heteroatoms. The molecular weight excluding hydrogens is 280 g/mol. The average molecular weight is 298 g/mol. The third-order valence-corrected chi connectivity index (χ3v) is 4.68. The van der Waals surface area contributed by atoms with Crippen LogP contribution in [-0.4, -0.2) is 19.1 Å². The molecule has 0 spiro atoms. The third-order valence-electron chi connectivity index (χ3n) is 3.53. The highest BCUT2D eigenvalue weighted by Gasteiger charge is 2.15. The van der Waals surface area contributed by atoms with Crippen LogP contribution in [0.1, 0.15) is 16.6 Å². The molecule has 0 amide bonds. The standard InChI is InChI=1S/C17H18N2OS/c1-18-15(11-12-6-5-7-13(10-12)20-2)17-19-14-8-3-4-9-16(14)21-17/h3-10,15,18H,11H2,1-2H3. The zero-order valence-electron chi connectivity index (χ0n) is 12.2. The van der Waals surface area contributed by atoms with Crippen LogP contribution in [0.25, 0.3) is 10.2 Å². The Labute approximate surface area is 128 Å². The Morgan fingerprint density at radius 3 is 2.81 bits per heavy atom. The molecule has 1 unspecified atom stereocenters. The van der Waals surface area contributed by atoms with Crippen LogP contribution in [0, 0.1) is 0 Å². The SMILES string of the molecule is CNC(Cc1cccc(OC)c1)c1nc2ccccc2s1. The van der Waals surface area contributed by atoms with E-state index in [1.165, 1.54) is 10.3 Å². The van der Waals surface area contributed by atoms with Crippen LogP contribution in [-0.2, 0) is 6.42 Å². The van der Waals surface area contributed by atoms with Crippen LogP contribution in [0.4, 0.5) is 0 Å². The van der Waals surface area contributed by atoms with Gasteiger partial charge < -0.3 is 10.1 Å². The van der Waals surface area contributed by atoms with Crippen molar-refractivity contribution in [1.82, 2.24) is 10.3 Å². The minimum Gasteiger partial charge on any atom is -0.497 e. The molecule has 1 atom stereocenters. The van der Waals surface area contributed by atoms with Crippen molar-refractivity contribution in [3.8, 4) is 5.75 Å². The number of aromatic nitrogens is 1. The fraction of sp³-hybridized carbons (Fsp3) is 0.235. The lowest BCUT2D eigenvalue weighted by Gasteiger charge is -2.14. The molecule has 21 heavy (non-hydrogen) atoms. The van der Waals surface area contributed by atoms with Gasteiger partial charge in [0, 0.05) is 0 Å². The van der Waals surface area contributed by atoms with Gasteiger partial charge in [0.25, 0.3) is 0 Å². The number of benzene rings is 2. The molecule has 1 aromatic heterocycles. The lowest BCUT2D eigenvalue weighted by atomic mass is 10.1. The maximum Gasteiger partial charge on any atom is 0.119 e. The van der Waals surface area contributed by atoms with Gasteiger partial charge in [0.05, 0.1) is 23.4 Å². The number of methoxy groups -OCH3 is 1. The minimum absolute atomic E-state index is 0.217. The number of nitrogens with one attached hydrogen (secondary N) is 1. The number of para-hydroxylation sites is 1. The van der Waals surface area contributed by atoms with Crippen molar-refractivity contribution < 1.29 is 4.74 Å². The molecule has 1 N–H and O–H groups in total. The summed E-state index contributed by atoms with van der Waals surface area (Å²) in [4.78, 5) is 4.75. The lowest BCUT2D eigenvalue weighted by molar-refractivity contribution is 0.414. The average Bonchev–Trinajstić information content (AvgIpc) is 2.96. The van der Waals surface area contributed by atoms with Gasteiger partial charge in [-0.05, 0) is 43.3 Å². The minimum atomic E-state index is 0.217. The second kappa shape index (κ2) is 6.24. The smallest absolute Gasteiger partial charge is 0.119 e. The van der Waals surface area contributed by atoms with E-state index in [2.05, 4.69) is 35.6 Å². The van der Waals surface area contributed by atoms with E-state index < -0.39 is 0 Å². The van der Waals surface area contributed by atoms with Gasteiger partial charge in [-0.2, -0.15) is 0 Å². The molecule has 0 radical (unpaired) electrons. The van der Waals surface area contributed by atoms with Gasteiger partial charge in [-0.3, -0.25) is 0 Å². The Kier molecular flexibility index (Phi) is 4.18. The number of likely N-dealkylation sites (N-methyl/N-ethyl adjacent to an activating group) is 1. The summed E-state index contributed by atoms with van der Waals surface area (Å²) in [6.45, 7) is 0. The van der Waals surface area contributed by atoms with E-state index in [9.17, 15) is 0 Å². The maximum atomic E-state index is 5.29. The van der Waals surface area contributed by atoms with Gasteiger partial charge in [-0.25, -0.2) is 4.98 Å². The number of ether oxygens (including phenoxy) is 1. The summed E-state index contributed by atoms with van der Waals surface area (Å²) in [5.41, 5.74) is 2.32. The van der Waals surface area contributed by atoms with E-state index in [0.717, 1.165) is 22.7 Å². The Balaban J connectivity index is 1.87. The van der Waals surface area contributed by atoms with Gasteiger partial charge in [0.2, 0.25) is 0 Å². The Morgan fingerprint density at radius 2 is 2.05 bits per heavy atom. The Hall–Kier alpha value is -1.91. The molecular formula is C17H18N2OS. The molecule has 0 fully saturated rings. The van der Waals surface area contributed by atoms with E-state index in [0.29, 0.717) is 0 Å². The van der Waals surface area contributed by atoms with Gasteiger partial charge in [0.1, 0.15) is 10.8 Å². The second-order valence-electron chi connectivity index (χ2n) is 4.92. The molecule has 0 saturated heterocycles. The summed E-state index contributed by atoms with van der Waals surface area (Å²) in [6, 6.07) is 16.7. The van der Waals surface area contributed by atoms with Crippen LogP contribution in [0.3, 0.4) is 0 Å². The van der Waals surface area contributed by atoms with Crippen molar-refractivity contribution in [2.24, 2.45) is 0 Å². The first kappa shape index (κ1) is 14.0. The molecule has 0 aliphatic heterocycles. The fourth-order valence-electron chi connectivity index (χ4n) is 2.39. The van der Waals surface area contributed by atoms with Gasteiger partial charge in [-0.1, -0.05) is 24.3 Å². The molecule has 1 heterocycles. The topological polar surface area (TPSA) is 34.1 Å². The van der Waals surface area contributed by atoms with Crippen LogP contribution < -0.4 is 10.1 Å². The van der Waals surface area contributed by atoms with Crippen molar-refractivity contribution in [2.75, 3.05) is 14.2 Å². The first-order chi connectivity index (χ1) is 10.3. The predicted octanol–water partition coefficient (Wildman–Crippen LogP) is 3.81. The van der Waals surface area contributed by atoms with E-state index in [1.807, 2.05) is 25.2 Å².